The van der Waals surface area contributed by atoms with Crippen molar-refractivity contribution in [1.82, 2.24) is 0 Å². The van der Waals surface area contributed by atoms with E-state index in [-0.39, 0.29) is 12.2 Å². The molecule has 1 fully saturated rings. The summed E-state index contributed by atoms with van der Waals surface area (Å²) < 4.78 is 5.34. The first-order valence-corrected chi connectivity index (χ1v) is 4.06. The molecule has 0 spiro atoms. The van der Waals surface area contributed by atoms with Crippen molar-refractivity contribution in [2.24, 2.45) is 0 Å². The Morgan fingerprint density at radius 3 is 3.09 bits per heavy atom. The summed E-state index contributed by atoms with van der Waals surface area (Å²) in [7, 11) is 0. The fourth-order valence-corrected chi connectivity index (χ4v) is 1.35. The van der Waals surface area contributed by atoms with Crippen LogP contribution in [0.2, 0.25) is 0 Å². The molecule has 0 saturated carbocycles. The Hall–Kier alpha value is -0.520. The van der Waals surface area contributed by atoms with E-state index in [9.17, 15) is 5.11 Å². The Morgan fingerprint density at radius 2 is 2.55 bits per heavy atom. The van der Waals surface area contributed by atoms with Crippen LogP contribution in [-0.2, 0) is 4.74 Å². The van der Waals surface area contributed by atoms with E-state index in [0.29, 0.717) is 12.8 Å². The van der Waals surface area contributed by atoms with Crippen LogP contribution in [0.1, 0.15) is 25.7 Å². The molecule has 0 bridgehead atoms. The summed E-state index contributed by atoms with van der Waals surface area (Å²) in [4.78, 5) is 0. The molecule has 11 heavy (non-hydrogen) atoms. The van der Waals surface area contributed by atoms with Gasteiger partial charge in [0.25, 0.3) is 0 Å². The van der Waals surface area contributed by atoms with Gasteiger partial charge in [-0.15, -0.1) is 12.3 Å². The molecule has 1 aliphatic rings. The lowest BCUT2D eigenvalue weighted by Crippen LogP contribution is -2.16. The summed E-state index contributed by atoms with van der Waals surface area (Å²) in [6, 6.07) is 0. The maximum atomic E-state index is 9.29. The van der Waals surface area contributed by atoms with Gasteiger partial charge in [-0.05, 0) is 12.8 Å². The summed E-state index contributed by atoms with van der Waals surface area (Å²) in [5.41, 5.74) is 0. The maximum absolute atomic E-state index is 9.29. The number of ether oxygens (including phenoxy) is 1. The molecule has 1 saturated heterocycles. The van der Waals surface area contributed by atoms with Crippen molar-refractivity contribution >= 4 is 0 Å². The van der Waals surface area contributed by atoms with E-state index in [1.54, 1.807) is 0 Å². The smallest absolute Gasteiger partial charge is 0.0674 e. The summed E-state index contributed by atoms with van der Waals surface area (Å²) >= 11 is 0. The van der Waals surface area contributed by atoms with Gasteiger partial charge in [0.05, 0.1) is 12.2 Å². The highest BCUT2D eigenvalue weighted by Crippen LogP contribution is 2.17. The number of hydrogen-bond acceptors (Lipinski definition) is 2. The van der Waals surface area contributed by atoms with Crippen LogP contribution in [0.3, 0.4) is 0 Å². The fourth-order valence-electron chi connectivity index (χ4n) is 1.35. The summed E-state index contributed by atoms with van der Waals surface area (Å²) in [5.74, 6) is 2.44. The molecule has 62 valence electrons. The zero-order valence-electron chi connectivity index (χ0n) is 6.62. The first kappa shape index (κ1) is 8.58. The van der Waals surface area contributed by atoms with Crippen molar-refractivity contribution in [3.05, 3.63) is 0 Å². The predicted molar refractivity (Wildman–Crippen MR) is 43.0 cm³/mol. The third-order valence-electron chi connectivity index (χ3n) is 1.91. The lowest BCUT2D eigenvalue weighted by Gasteiger charge is -2.12. The van der Waals surface area contributed by atoms with Crippen molar-refractivity contribution in [2.75, 3.05) is 6.61 Å². The third kappa shape index (κ3) is 2.92. The molecule has 0 aromatic carbocycles. The molecule has 1 rings (SSSR count). The monoisotopic (exact) mass is 154 g/mol. The van der Waals surface area contributed by atoms with Crippen LogP contribution in [0.15, 0.2) is 0 Å². The molecule has 2 unspecified atom stereocenters. The first-order valence-electron chi connectivity index (χ1n) is 4.06. The Labute approximate surface area is 67.6 Å². The Kier molecular flexibility index (Phi) is 3.41. The van der Waals surface area contributed by atoms with Gasteiger partial charge in [0, 0.05) is 19.4 Å². The second kappa shape index (κ2) is 4.38. The van der Waals surface area contributed by atoms with Gasteiger partial charge < -0.3 is 9.84 Å². The molecule has 2 nitrogen and oxygen atoms in total. The van der Waals surface area contributed by atoms with E-state index in [4.69, 9.17) is 11.2 Å². The van der Waals surface area contributed by atoms with Crippen molar-refractivity contribution in [3.8, 4) is 12.3 Å². The molecule has 0 aliphatic carbocycles. The molecular weight excluding hydrogens is 140 g/mol. The van der Waals surface area contributed by atoms with Crippen molar-refractivity contribution < 1.29 is 9.84 Å². The quantitative estimate of drug-likeness (QED) is 0.613. The van der Waals surface area contributed by atoms with Crippen molar-refractivity contribution in [1.29, 1.82) is 0 Å². The first-order chi connectivity index (χ1) is 5.33. The van der Waals surface area contributed by atoms with E-state index in [2.05, 4.69) is 5.92 Å². The van der Waals surface area contributed by atoms with Crippen molar-refractivity contribution in [2.45, 2.75) is 37.9 Å². The Morgan fingerprint density at radius 1 is 1.73 bits per heavy atom. The molecule has 0 aromatic heterocycles. The molecule has 1 heterocycles. The lowest BCUT2D eigenvalue weighted by atomic mass is 10.1. The van der Waals surface area contributed by atoms with Crippen molar-refractivity contribution in [3.63, 3.8) is 0 Å². The summed E-state index contributed by atoms with van der Waals surface area (Å²) in [5, 5.41) is 9.29. The minimum atomic E-state index is -0.372. The van der Waals surface area contributed by atoms with E-state index in [1.165, 1.54) is 0 Å². The fraction of sp³-hybridized carbons (Fsp3) is 0.778. The molecule has 1 aliphatic heterocycles. The van der Waals surface area contributed by atoms with Crippen LogP contribution in [0.5, 0.6) is 0 Å². The predicted octanol–water partition coefficient (Wildman–Crippen LogP) is 0.940. The van der Waals surface area contributed by atoms with Crippen LogP contribution in [0.25, 0.3) is 0 Å². The van der Waals surface area contributed by atoms with Gasteiger partial charge in [0.2, 0.25) is 0 Å². The number of hydrogen-bond donors (Lipinski definition) is 1. The van der Waals surface area contributed by atoms with Crippen LogP contribution in [0, 0.1) is 12.3 Å². The van der Waals surface area contributed by atoms with E-state index in [1.807, 2.05) is 0 Å². The molecule has 0 radical (unpaired) electrons. The average molecular weight is 154 g/mol. The van der Waals surface area contributed by atoms with E-state index in [0.717, 1.165) is 19.4 Å². The largest absolute Gasteiger partial charge is 0.392 e. The van der Waals surface area contributed by atoms with Gasteiger partial charge in [0.15, 0.2) is 0 Å². The van der Waals surface area contributed by atoms with Crippen LogP contribution < -0.4 is 0 Å². The standard InChI is InChI=1S/C9H14O2/c1-2-4-8(10)7-9-5-3-6-11-9/h1,8-10H,3-7H2. The highest BCUT2D eigenvalue weighted by atomic mass is 16.5. The number of rotatable bonds is 3. The average Bonchev–Trinajstić information content (AvgIpc) is 2.40. The minimum Gasteiger partial charge on any atom is -0.392 e. The molecule has 1 N–H and O–H groups in total. The SMILES string of the molecule is C#CCC(O)CC1CCCO1. The van der Waals surface area contributed by atoms with Gasteiger partial charge in [-0.2, -0.15) is 0 Å². The lowest BCUT2D eigenvalue weighted by molar-refractivity contribution is 0.0558. The summed E-state index contributed by atoms with van der Waals surface area (Å²) in [6.07, 6.45) is 8.26. The van der Waals surface area contributed by atoms with E-state index >= 15 is 0 Å². The highest BCUT2D eigenvalue weighted by molar-refractivity contribution is 4.87. The van der Waals surface area contributed by atoms with Crippen LogP contribution >= 0.6 is 0 Å². The zero-order chi connectivity index (χ0) is 8.10. The maximum Gasteiger partial charge on any atom is 0.0674 e. The summed E-state index contributed by atoms with van der Waals surface area (Å²) in [6.45, 7) is 0.841. The van der Waals surface area contributed by atoms with Gasteiger partial charge in [-0.3, -0.25) is 0 Å². The molecule has 0 amide bonds. The third-order valence-corrected chi connectivity index (χ3v) is 1.91. The second-order valence-corrected chi connectivity index (χ2v) is 2.93. The highest BCUT2D eigenvalue weighted by Gasteiger charge is 2.18. The zero-order valence-corrected chi connectivity index (χ0v) is 6.62. The minimum absolute atomic E-state index is 0.248. The second-order valence-electron chi connectivity index (χ2n) is 2.93. The molecule has 0 aromatic rings. The van der Waals surface area contributed by atoms with Gasteiger partial charge in [-0.25, -0.2) is 0 Å². The van der Waals surface area contributed by atoms with Gasteiger partial charge >= 0.3 is 0 Å². The normalized spacial score (nSPS) is 26.4. The Balaban J connectivity index is 2.14. The Bertz CT molecular complexity index is 142. The number of aliphatic hydroxyl groups is 1. The molecule has 2 heteroatoms. The molecular formula is C9H14O2. The number of terminal acetylenes is 1. The molecule has 2 atom stereocenters. The van der Waals surface area contributed by atoms with Gasteiger partial charge in [0.1, 0.15) is 0 Å². The topological polar surface area (TPSA) is 29.5 Å². The van der Waals surface area contributed by atoms with Crippen LogP contribution in [0.4, 0.5) is 0 Å². The van der Waals surface area contributed by atoms with Gasteiger partial charge in [-0.1, -0.05) is 0 Å². The number of aliphatic hydroxyl groups excluding tert-OH is 1. The van der Waals surface area contributed by atoms with Crippen LogP contribution in [-0.4, -0.2) is 23.9 Å². The van der Waals surface area contributed by atoms with E-state index < -0.39 is 0 Å².